The van der Waals surface area contributed by atoms with E-state index in [-0.39, 0.29) is 25.0 Å². The molecule has 3 N–H and O–H groups in total. The fourth-order valence-corrected chi connectivity index (χ4v) is 2.96. The first-order valence-corrected chi connectivity index (χ1v) is 8.17. The van der Waals surface area contributed by atoms with Crippen molar-refractivity contribution < 1.29 is 14.7 Å². The highest BCUT2D eigenvalue weighted by Gasteiger charge is 2.24. The van der Waals surface area contributed by atoms with Crippen LogP contribution in [0.3, 0.4) is 0 Å². The number of hydrogen-bond donors (Lipinski definition) is 3. The van der Waals surface area contributed by atoms with Gasteiger partial charge in [0.1, 0.15) is 0 Å². The summed E-state index contributed by atoms with van der Waals surface area (Å²) in [5.41, 5.74) is 1.07. The molecule has 2 rings (SSSR count). The van der Waals surface area contributed by atoms with Crippen molar-refractivity contribution in [2.24, 2.45) is 0 Å². The van der Waals surface area contributed by atoms with E-state index in [4.69, 9.17) is 16.7 Å². The zero-order valence-electron chi connectivity index (χ0n) is 12.9. The molecule has 0 saturated carbocycles. The van der Waals surface area contributed by atoms with Crippen LogP contribution in [0.15, 0.2) is 24.3 Å². The number of benzene rings is 1. The molecular formula is C16H22ClN3O3. The lowest BCUT2D eigenvalue weighted by molar-refractivity contribution is -0.136. The van der Waals surface area contributed by atoms with Crippen LogP contribution in [0.4, 0.5) is 4.79 Å². The van der Waals surface area contributed by atoms with Crippen LogP contribution in [0.1, 0.15) is 30.9 Å². The number of carboxylic acids is 1. The molecule has 0 spiro atoms. The predicted octanol–water partition coefficient (Wildman–Crippen LogP) is 2.25. The quantitative estimate of drug-likeness (QED) is 0.711. The van der Waals surface area contributed by atoms with Gasteiger partial charge in [0.25, 0.3) is 0 Å². The molecule has 1 aromatic rings. The molecular weight excluding hydrogens is 318 g/mol. The van der Waals surface area contributed by atoms with Gasteiger partial charge in [0.05, 0.1) is 12.5 Å². The molecule has 1 fully saturated rings. The van der Waals surface area contributed by atoms with Gasteiger partial charge in [-0.3, -0.25) is 9.69 Å². The van der Waals surface area contributed by atoms with Crippen molar-refractivity contribution in [1.82, 2.24) is 15.5 Å². The Morgan fingerprint density at radius 1 is 1.26 bits per heavy atom. The summed E-state index contributed by atoms with van der Waals surface area (Å²) < 4.78 is 0. The molecule has 0 radical (unpaired) electrons. The average molecular weight is 340 g/mol. The molecule has 126 valence electrons. The maximum absolute atomic E-state index is 11.8. The van der Waals surface area contributed by atoms with Crippen LogP contribution in [0.2, 0.25) is 5.02 Å². The van der Waals surface area contributed by atoms with E-state index < -0.39 is 5.97 Å². The number of halogens is 1. The minimum Gasteiger partial charge on any atom is -0.481 e. The lowest BCUT2D eigenvalue weighted by atomic mass is 10.1. The summed E-state index contributed by atoms with van der Waals surface area (Å²) in [6, 6.07) is 7.40. The predicted molar refractivity (Wildman–Crippen MR) is 88.7 cm³/mol. The first-order chi connectivity index (χ1) is 11.1. The zero-order valence-corrected chi connectivity index (χ0v) is 13.7. The van der Waals surface area contributed by atoms with Crippen LogP contribution in [-0.2, 0) is 4.79 Å². The Morgan fingerprint density at radius 3 is 2.65 bits per heavy atom. The van der Waals surface area contributed by atoms with Crippen LogP contribution < -0.4 is 10.6 Å². The van der Waals surface area contributed by atoms with Gasteiger partial charge in [-0.2, -0.15) is 0 Å². The highest BCUT2D eigenvalue weighted by atomic mass is 35.5. The van der Waals surface area contributed by atoms with Crippen LogP contribution >= 0.6 is 11.6 Å². The SMILES string of the molecule is O=C(O)CCNC(=O)NCC(c1cccc(Cl)c1)N1CCCC1. The molecule has 23 heavy (non-hydrogen) atoms. The summed E-state index contributed by atoms with van der Waals surface area (Å²) in [4.78, 5) is 24.6. The Morgan fingerprint density at radius 2 is 2.00 bits per heavy atom. The normalized spacial score (nSPS) is 16.0. The molecule has 1 unspecified atom stereocenters. The van der Waals surface area contributed by atoms with Gasteiger partial charge in [-0.25, -0.2) is 4.79 Å². The molecule has 6 nitrogen and oxygen atoms in total. The number of aliphatic carboxylic acids is 1. The zero-order chi connectivity index (χ0) is 16.7. The second kappa shape index (κ2) is 8.74. The van der Waals surface area contributed by atoms with Gasteiger partial charge in [-0.15, -0.1) is 0 Å². The fraction of sp³-hybridized carbons (Fsp3) is 0.500. The van der Waals surface area contributed by atoms with Gasteiger partial charge in [0.2, 0.25) is 0 Å². The Labute approximate surface area is 140 Å². The number of amides is 2. The molecule has 1 heterocycles. The Bertz CT molecular complexity index is 547. The first kappa shape index (κ1) is 17.6. The summed E-state index contributed by atoms with van der Waals surface area (Å²) in [5, 5.41) is 14.6. The minimum absolute atomic E-state index is 0.0708. The Hall–Kier alpha value is -1.79. The molecule has 0 aromatic heterocycles. The van der Waals surface area contributed by atoms with Crippen LogP contribution in [0.5, 0.6) is 0 Å². The molecule has 0 aliphatic carbocycles. The number of urea groups is 1. The molecule has 1 saturated heterocycles. The number of carbonyl (C=O) groups excluding carboxylic acids is 1. The van der Waals surface area contributed by atoms with Gasteiger partial charge in [0, 0.05) is 18.1 Å². The van der Waals surface area contributed by atoms with Gasteiger partial charge in [-0.05, 0) is 43.6 Å². The molecule has 1 aliphatic heterocycles. The van der Waals surface area contributed by atoms with Crippen molar-refractivity contribution in [1.29, 1.82) is 0 Å². The topological polar surface area (TPSA) is 81.7 Å². The van der Waals surface area contributed by atoms with Crippen molar-refractivity contribution in [2.45, 2.75) is 25.3 Å². The number of hydrogen-bond acceptors (Lipinski definition) is 3. The van der Waals surface area contributed by atoms with Gasteiger partial charge < -0.3 is 15.7 Å². The second-order valence-corrected chi connectivity index (χ2v) is 6.03. The van der Waals surface area contributed by atoms with Crippen molar-refractivity contribution in [2.75, 3.05) is 26.2 Å². The maximum Gasteiger partial charge on any atom is 0.314 e. The lowest BCUT2D eigenvalue weighted by Gasteiger charge is -2.28. The van der Waals surface area contributed by atoms with E-state index >= 15 is 0 Å². The largest absolute Gasteiger partial charge is 0.481 e. The Balaban J connectivity index is 1.93. The number of rotatable bonds is 7. The first-order valence-electron chi connectivity index (χ1n) is 7.79. The van der Waals surface area contributed by atoms with Gasteiger partial charge in [0.15, 0.2) is 0 Å². The van der Waals surface area contributed by atoms with Crippen molar-refractivity contribution >= 4 is 23.6 Å². The highest BCUT2D eigenvalue weighted by Crippen LogP contribution is 2.26. The second-order valence-electron chi connectivity index (χ2n) is 5.59. The summed E-state index contributed by atoms with van der Waals surface area (Å²) in [6.07, 6.45) is 2.22. The van der Waals surface area contributed by atoms with E-state index in [0.717, 1.165) is 31.5 Å². The molecule has 1 aliphatic rings. The van der Waals surface area contributed by atoms with E-state index in [9.17, 15) is 9.59 Å². The van der Waals surface area contributed by atoms with E-state index in [1.807, 2.05) is 24.3 Å². The molecule has 7 heteroatoms. The lowest BCUT2D eigenvalue weighted by Crippen LogP contribution is -2.42. The van der Waals surface area contributed by atoms with Crippen molar-refractivity contribution in [3.05, 3.63) is 34.9 Å². The molecule has 1 aromatic carbocycles. The summed E-state index contributed by atoms with van der Waals surface area (Å²) in [6.45, 7) is 2.57. The van der Waals surface area contributed by atoms with E-state index in [1.54, 1.807) is 0 Å². The summed E-state index contributed by atoms with van der Waals surface area (Å²) in [7, 11) is 0. The maximum atomic E-state index is 11.8. The van der Waals surface area contributed by atoms with Gasteiger partial charge in [-0.1, -0.05) is 23.7 Å². The third kappa shape index (κ3) is 5.73. The minimum atomic E-state index is -0.931. The number of nitrogens with zero attached hydrogens (tertiary/aromatic N) is 1. The van der Waals surface area contributed by atoms with Crippen LogP contribution in [-0.4, -0.2) is 48.2 Å². The Kier molecular flexibility index (Phi) is 6.67. The average Bonchev–Trinajstić information content (AvgIpc) is 3.01. The monoisotopic (exact) mass is 339 g/mol. The fourth-order valence-electron chi connectivity index (χ4n) is 2.76. The van der Waals surface area contributed by atoms with E-state index in [1.165, 1.54) is 0 Å². The van der Waals surface area contributed by atoms with Crippen LogP contribution in [0, 0.1) is 0 Å². The van der Waals surface area contributed by atoms with Crippen molar-refractivity contribution in [3.8, 4) is 0 Å². The third-order valence-corrected chi connectivity index (χ3v) is 4.13. The highest BCUT2D eigenvalue weighted by molar-refractivity contribution is 6.30. The summed E-state index contributed by atoms with van der Waals surface area (Å²) in [5.74, 6) is -0.931. The smallest absolute Gasteiger partial charge is 0.314 e. The number of carboxylic acid groups (broad SMARTS) is 1. The number of likely N-dealkylation sites (tertiary alicyclic amines) is 1. The van der Waals surface area contributed by atoms with Crippen LogP contribution in [0.25, 0.3) is 0 Å². The molecule has 1 atom stereocenters. The van der Waals surface area contributed by atoms with E-state index in [0.29, 0.717) is 11.6 Å². The summed E-state index contributed by atoms with van der Waals surface area (Å²) >= 11 is 6.08. The standard InChI is InChI=1S/C16H22ClN3O3/c17-13-5-3-4-12(10-13)14(20-8-1-2-9-20)11-19-16(23)18-7-6-15(21)22/h3-5,10,14H,1-2,6-9,11H2,(H,21,22)(H2,18,19,23). The van der Waals surface area contributed by atoms with Gasteiger partial charge >= 0.3 is 12.0 Å². The van der Waals surface area contributed by atoms with E-state index in [2.05, 4.69) is 15.5 Å². The number of nitrogens with one attached hydrogen (secondary N) is 2. The molecule has 2 amide bonds. The molecule has 0 bridgehead atoms. The van der Waals surface area contributed by atoms with Crippen molar-refractivity contribution in [3.63, 3.8) is 0 Å². The third-order valence-electron chi connectivity index (χ3n) is 3.90. The number of carbonyl (C=O) groups is 2.